The Bertz CT molecular complexity index is 1440. The van der Waals surface area contributed by atoms with Crippen molar-refractivity contribution in [2.75, 3.05) is 27.1 Å². The summed E-state index contributed by atoms with van der Waals surface area (Å²) in [5.74, 6) is -11.6. The maximum Gasteiger partial charge on any atom is 0.161 e. The summed E-state index contributed by atoms with van der Waals surface area (Å²) in [6.45, 7) is -11.4. The minimum absolute atomic E-state index is 0.342. The summed E-state index contributed by atoms with van der Waals surface area (Å²) >= 11 is 0. The van der Waals surface area contributed by atoms with E-state index in [0.29, 0.717) is 6.92 Å². The van der Waals surface area contributed by atoms with Gasteiger partial charge in [0, 0.05) is 50.5 Å². The first-order chi connectivity index (χ1) is 20.4. The number of carbonyl (C=O) groups excluding carboxylic acids is 1. The number of nitrogens with zero attached hydrogens (tertiary/aromatic N) is 1. The predicted octanol–water partition coefficient (Wildman–Crippen LogP) is 3.63. The first-order valence-corrected chi connectivity index (χ1v) is 6.76. The van der Waals surface area contributed by atoms with E-state index < -0.39 is 118 Å². The van der Waals surface area contributed by atoms with Gasteiger partial charge in [0.15, 0.2) is 11.5 Å². The van der Waals surface area contributed by atoms with Gasteiger partial charge in [0.1, 0.15) is 5.78 Å². The molecular weight excluding hydrogens is 302 g/mol. The molecule has 0 N–H and O–H groups in total. The number of carbonyl (C=O) groups is 1. The highest BCUT2D eigenvalue weighted by molar-refractivity contribution is 5.83. The minimum atomic E-state index is -4.06. The molecule has 2 aliphatic heterocycles. The first kappa shape index (κ1) is 4.59. The van der Waals surface area contributed by atoms with Crippen LogP contribution in [0.25, 0.3) is 0 Å². The quantitative estimate of drug-likeness (QED) is 0.809. The molecule has 4 nitrogen and oxygen atoms in total. The maximum atomic E-state index is 13.8. The van der Waals surface area contributed by atoms with Gasteiger partial charge in [-0.2, -0.15) is 0 Å². The fourth-order valence-electron chi connectivity index (χ4n) is 2.29. The smallest absolute Gasteiger partial charge is 0.161 e. The fourth-order valence-corrected chi connectivity index (χ4v) is 2.29. The van der Waals surface area contributed by atoms with E-state index >= 15 is 0 Å². The standard InChI is InChI=1S/C20H29NO3/c1-5-13(2)8-15-12-21-7-6-14-9-19(23-3)20(24-4)10-16(14)17(21)11-18(15)22/h9-10,13,15,17H,5-8,11-12H2,1-4H3/i2D3,3D3,4D3,5D2,6D2,7D2,8D2,9D,10D,12D2,13D,17D. The molecule has 3 unspecified atom stereocenters. The number of methoxy groups -OCH3 is 2. The Labute approximate surface area is 177 Å². The Morgan fingerprint density at radius 1 is 1.54 bits per heavy atom. The third kappa shape index (κ3) is 3.16. The largest absolute Gasteiger partial charge is 0.493 e. The number of ether oxygens (including phenoxy) is 2. The molecule has 0 aliphatic carbocycles. The van der Waals surface area contributed by atoms with Crippen molar-refractivity contribution >= 4 is 5.78 Å². The Morgan fingerprint density at radius 3 is 3.04 bits per heavy atom. The molecule has 1 fully saturated rings. The molecule has 0 saturated carbocycles. The van der Waals surface area contributed by atoms with Gasteiger partial charge in [-0.05, 0) is 41.9 Å². The molecule has 4 heteroatoms. The second-order valence-corrected chi connectivity index (χ2v) is 4.86. The number of rotatable bonds is 5. The highest BCUT2D eigenvalue weighted by Gasteiger charge is 2.38. The van der Waals surface area contributed by atoms with Gasteiger partial charge in [-0.25, -0.2) is 0 Å². The zero-order chi connectivity index (χ0) is 37.3. The third-order valence-corrected chi connectivity index (χ3v) is 3.45. The molecule has 1 aromatic carbocycles. The number of benzene rings is 1. The van der Waals surface area contributed by atoms with Crippen molar-refractivity contribution in [2.24, 2.45) is 11.8 Å². The van der Waals surface area contributed by atoms with Gasteiger partial charge in [-0.1, -0.05) is 20.1 Å². The van der Waals surface area contributed by atoms with E-state index in [0.717, 1.165) is 0 Å². The van der Waals surface area contributed by atoms with Crippen LogP contribution in [0.3, 0.4) is 0 Å². The second kappa shape index (κ2) is 7.14. The van der Waals surface area contributed by atoms with Crippen molar-refractivity contribution in [1.82, 2.24) is 4.90 Å². The normalized spacial score (nSPS) is 52.5. The maximum absolute atomic E-state index is 13.8. The molecule has 24 heavy (non-hydrogen) atoms. The van der Waals surface area contributed by atoms with Crippen LogP contribution < -0.4 is 9.47 Å². The fraction of sp³-hybridized carbons (Fsp3) is 0.650. The average molecular weight is 355 g/mol. The lowest BCUT2D eigenvalue weighted by Crippen LogP contribution is -2.46. The molecule has 0 bridgehead atoms. The number of ketones is 1. The zero-order valence-electron chi connectivity index (χ0n) is 35.5. The lowest BCUT2D eigenvalue weighted by molar-refractivity contribution is -0.129. The number of hydrogen-bond donors (Lipinski definition) is 0. The van der Waals surface area contributed by atoms with Crippen molar-refractivity contribution < 1.29 is 45.8 Å². The predicted molar refractivity (Wildman–Crippen MR) is 94.8 cm³/mol. The molecule has 2 aliphatic rings. The van der Waals surface area contributed by atoms with Gasteiger partial charge < -0.3 is 9.47 Å². The number of fused-ring (bicyclic) bond motifs is 3. The summed E-state index contributed by atoms with van der Waals surface area (Å²) in [6, 6.07) is -6.26. The molecular formula is C20H29NO3. The molecule has 132 valence electrons. The van der Waals surface area contributed by atoms with Gasteiger partial charge in [0.05, 0.1) is 26.4 Å². The number of piperidine rings is 1. The van der Waals surface area contributed by atoms with E-state index in [1.165, 1.54) is 0 Å². The zero-order valence-corrected chi connectivity index (χ0v) is 12.5. The lowest BCUT2D eigenvalue weighted by Gasteiger charge is -2.43. The number of Topliss-reactive ketones (excluding diaryl/α,β-unsaturated/α-hetero) is 1. The number of hydrogen-bond acceptors (Lipinski definition) is 4. The van der Waals surface area contributed by atoms with Crippen LogP contribution in [0.15, 0.2) is 12.1 Å². The van der Waals surface area contributed by atoms with Crippen LogP contribution in [0.4, 0.5) is 0 Å². The summed E-state index contributed by atoms with van der Waals surface area (Å²) < 4.78 is 198. The van der Waals surface area contributed by atoms with Crippen LogP contribution in [-0.4, -0.2) is 37.8 Å². The highest BCUT2D eigenvalue weighted by atomic mass is 16.5. The molecule has 0 spiro atoms. The molecule has 3 atom stereocenters. The van der Waals surface area contributed by atoms with Crippen LogP contribution in [0.1, 0.15) is 81.6 Å². The van der Waals surface area contributed by atoms with Gasteiger partial charge in [-0.3, -0.25) is 9.69 Å². The van der Waals surface area contributed by atoms with Crippen molar-refractivity contribution in [3.63, 3.8) is 0 Å². The topological polar surface area (TPSA) is 38.8 Å². The Balaban J connectivity index is 2.54. The Kier molecular flexibility index (Phi) is 1.36. The molecule has 0 radical (unpaired) electrons. The molecule has 1 saturated heterocycles. The van der Waals surface area contributed by atoms with Crippen LogP contribution >= 0.6 is 0 Å². The van der Waals surface area contributed by atoms with E-state index in [4.69, 9.17) is 34.9 Å². The van der Waals surface area contributed by atoms with Crippen molar-refractivity contribution in [2.45, 2.75) is 45.3 Å². The van der Waals surface area contributed by atoms with E-state index in [-0.39, 0.29) is 4.90 Å². The summed E-state index contributed by atoms with van der Waals surface area (Å²) in [5.41, 5.74) is -2.59. The average Bonchev–Trinajstić information content (AvgIpc) is 2.77. The van der Waals surface area contributed by atoms with Crippen molar-refractivity contribution in [1.29, 1.82) is 0 Å². The SMILES string of the molecule is [2H]c1c(OC([2H])([2H])[2H])c(OC([2H])([2H])[2H])c([2H])c2c1C1([2H])CC(=O)C(C([2H])([2H])C([2H])(C([2H])([2H])[2H])C([2H])([2H])C)C([2H])([2H])N1C([2H])([2H])C2([2H])[2H]. The van der Waals surface area contributed by atoms with Gasteiger partial charge in [-0.15, -0.1) is 0 Å². The van der Waals surface area contributed by atoms with Gasteiger partial charge >= 0.3 is 0 Å². The van der Waals surface area contributed by atoms with Crippen LogP contribution in [0.2, 0.25) is 0 Å². The van der Waals surface area contributed by atoms with Crippen LogP contribution in [-0.2, 0) is 11.2 Å². The van der Waals surface area contributed by atoms with E-state index in [2.05, 4.69) is 4.74 Å². The summed E-state index contributed by atoms with van der Waals surface area (Å²) in [4.78, 5) is 13.5. The van der Waals surface area contributed by atoms with E-state index in [1.807, 2.05) is 0 Å². The summed E-state index contributed by atoms with van der Waals surface area (Å²) in [7, 11) is -7.02. The first-order valence-electron chi connectivity index (χ1n) is 18.3. The van der Waals surface area contributed by atoms with Crippen LogP contribution in [0, 0.1) is 11.8 Å². The lowest BCUT2D eigenvalue weighted by atomic mass is 9.79. The summed E-state index contributed by atoms with van der Waals surface area (Å²) in [5, 5.41) is 0. The second-order valence-electron chi connectivity index (χ2n) is 4.86. The molecule has 0 amide bonds. The molecule has 2 heterocycles. The molecule has 3 rings (SSSR count). The van der Waals surface area contributed by atoms with E-state index in [1.54, 1.807) is 0 Å². The highest BCUT2D eigenvalue weighted by Crippen LogP contribution is 2.42. The van der Waals surface area contributed by atoms with Gasteiger partial charge in [0.25, 0.3) is 0 Å². The Morgan fingerprint density at radius 2 is 2.33 bits per heavy atom. The summed E-state index contributed by atoms with van der Waals surface area (Å²) in [6.07, 6.45) is -12.8. The van der Waals surface area contributed by atoms with Gasteiger partial charge in [0.2, 0.25) is 0 Å². The third-order valence-electron chi connectivity index (χ3n) is 3.45. The molecule has 0 aromatic heterocycles. The van der Waals surface area contributed by atoms with E-state index in [9.17, 15) is 6.17 Å². The van der Waals surface area contributed by atoms with Crippen molar-refractivity contribution in [3.05, 3.63) is 23.2 Å². The minimum Gasteiger partial charge on any atom is -0.493 e. The van der Waals surface area contributed by atoms with Crippen LogP contribution in [0.5, 0.6) is 11.5 Å². The van der Waals surface area contributed by atoms with Crippen molar-refractivity contribution in [3.8, 4) is 11.5 Å². The Hall–Kier alpha value is -1.55. The molecule has 1 aromatic rings. The monoisotopic (exact) mass is 354 g/mol.